The number of rotatable bonds is 22. The molecular formula is C96H118N14O17S. The molecule has 1 aliphatic rings. The predicted molar refractivity (Wildman–Crippen MR) is 485 cm³/mol. The zero-order valence-corrected chi connectivity index (χ0v) is 74.5. The van der Waals surface area contributed by atoms with E-state index in [4.69, 9.17) is 0 Å². The predicted octanol–water partition coefficient (Wildman–Crippen LogP) is 5.72. The molecule has 1 saturated heterocycles. The number of fused-ring (bicyclic) bond motifs is 1. The molecule has 1 aromatic heterocycles. The zero-order chi connectivity index (χ0) is 92.7. The Bertz CT molecular complexity index is 5110. The van der Waals surface area contributed by atoms with E-state index in [0.717, 1.165) is 26.5 Å². The largest absolute Gasteiger partial charge is 0.508 e. The highest BCUT2D eigenvalue weighted by atomic mass is 32.2. The molecule has 12 N–H and O–H groups in total. The lowest BCUT2D eigenvalue weighted by Gasteiger charge is -2.37. The number of nitrogens with zero attached hydrogens (tertiary/aromatic N) is 5. The smallest absolute Gasteiger partial charge is 0.305 e. The van der Waals surface area contributed by atoms with Gasteiger partial charge in [-0.25, -0.2) is 0 Å². The maximum Gasteiger partial charge on any atom is 0.305 e. The van der Waals surface area contributed by atoms with Crippen LogP contribution >= 0.6 is 11.8 Å². The van der Waals surface area contributed by atoms with Crippen molar-refractivity contribution in [3.63, 3.8) is 0 Å². The number of aromatic nitrogens is 1. The molecule has 7 aromatic carbocycles. The lowest BCUT2D eigenvalue weighted by Crippen LogP contribution is -2.60. The van der Waals surface area contributed by atoms with Gasteiger partial charge in [-0.2, -0.15) is 0 Å². The van der Waals surface area contributed by atoms with Crippen LogP contribution in [0.4, 0.5) is 0 Å². The van der Waals surface area contributed by atoms with E-state index < -0.39 is 169 Å². The molecule has 128 heavy (non-hydrogen) atoms. The summed E-state index contributed by atoms with van der Waals surface area (Å²) in [4.78, 5) is 218. The first kappa shape index (κ1) is 98.4. The Kier molecular flexibility index (Phi) is 37.2. The number of benzene rings is 7. The molecule has 680 valence electrons. The first-order valence-electron chi connectivity index (χ1n) is 43.0. The molecule has 0 aliphatic carbocycles. The molecular weight excluding hydrogens is 1650 g/mol. The van der Waals surface area contributed by atoms with Gasteiger partial charge in [-0.3, -0.25) is 67.1 Å². The van der Waals surface area contributed by atoms with Crippen molar-refractivity contribution in [1.82, 2.24) is 72.0 Å². The van der Waals surface area contributed by atoms with Crippen LogP contribution in [0, 0.1) is 5.92 Å². The number of para-hydroxylation sites is 1. The number of nitrogens with one attached hydrogen (secondary N) is 9. The molecule has 8 aromatic rings. The van der Waals surface area contributed by atoms with Crippen molar-refractivity contribution in [3.05, 3.63) is 239 Å². The molecule has 0 saturated carbocycles. The second-order valence-electron chi connectivity index (χ2n) is 33.1. The number of phenols is 2. The number of amides is 13. The number of aryl methyl sites for hydroxylation is 1. The number of hydrogen-bond donors (Lipinski definition) is 12. The van der Waals surface area contributed by atoms with Crippen molar-refractivity contribution >= 4 is 105 Å². The van der Waals surface area contributed by atoms with Crippen LogP contribution in [0.25, 0.3) is 10.9 Å². The maximum absolute atomic E-state index is 15.6. The summed E-state index contributed by atoms with van der Waals surface area (Å²) in [5.41, 5.74) is 4.72. The summed E-state index contributed by atoms with van der Waals surface area (Å²) >= 11 is 1.14. The van der Waals surface area contributed by atoms with Gasteiger partial charge in [-0.1, -0.05) is 197 Å². The molecule has 1 fully saturated rings. The minimum Gasteiger partial charge on any atom is -0.508 e. The third kappa shape index (κ3) is 29.6. The number of H-pyrrole nitrogens is 1. The number of phenolic OH excluding ortho intramolecular Hbond substituents is 2. The van der Waals surface area contributed by atoms with Crippen molar-refractivity contribution < 1.29 is 82.4 Å². The minimum absolute atomic E-state index is 0.0223. The number of thioether (sulfide) groups is 1. The topological polar surface area (TPSA) is 428 Å². The number of hydrogen-bond acceptors (Lipinski definition) is 17. The standard InChI is InChI=1S/C96H118N14O17S/c1-10-11-36-80-95(126)107(6)57-84(114)100-77(54-86(116)117)90(121)102-73(46-41-62-26-16-12-17-27-62)93(124)109(8)81(51-64-30-20-14-21-31-64)91(122)105-78(50-67-39-44-70(112)45-40-67)92(123)106(5)56-83(113)99-76(53-68-55-97-72-35-25-24-34-71(68)72)89(120)104-75(48-66-37-42-69(111)43-38-66)88(119)103-74(47-60(2)3)87(118)98-61(4)58-128-59-85(115)101-79(49-63-28-18-13-19-29-63)94(125)110(9)82(96(127)108(80)7)52-65-32-22-15-23-33-65/h12-35,37-40,42-45,55,60-61,73-82,97,111-112H,10-11,36,41,46-54,56-59H2,1-9H3,(H,98,118)(H,99,113)(H,100,114)(H,101,115)(H,102,121)(H,103,119)(H,104,120)(H,105,122)(H,116,117)/t61-,73+,74?,75+,76+,77+,78+,79+,80+,81+,82+/m1/s1. The molecule has 1 unspecified atom stereocenters. The lowest BCUT2D eigenvalue weighted by molar-refractivity contribution is -0.151. The second-order valence-corrected chi connectivity index (χ2v) is 34.1. The highest BCUT2D eigenvalue weighted by Crippen LogP contribution is 2.25. The summed E-state index contributed by atoms with van der Waals surface area (Å²) in [6, 6.07) is 38.9. The fraction of sp³-hybridized carbons (Fsp3) is 0.396. The minimum atomic E-state index is -1.90. The average molecular weight is 1770 g/mol. The second kappa shape index (κ2) is 48.4. The molecule has 0 radical (unpaired) electrons. The number of aromatic hydroxyl groups is 2. The summed E-state index contributed by atoms with van der Waals surface area (Å²) in [6.45, 7) is 5.76. The number of carbonyl (C=O) groups is 14. The number of carbonyl (C=O) groups excluding carboxylic acids is 13. The van der Waals surface area contributed by atoms with Gasteiger partial charge in [0, 0.05) is 103 Å². The summed E-state index contributed by atoms with van der Waals surface area (Å²) in [6.07, 6.45) is 0.799. The Labute approximate surface area is 750 Å². The summed E-state index contributed by atoms with van der Waals surface area (Å²) in [7, 11) is 6.75. The van der Waals surface area contributed by atoms with Gasteiger partial charge in [0.15, 0.2) is 0 Å². The van der Waals surface area contributed by atoms with E-state index in [9.17, 15) is 44.1 Å². The summed E-state index contributed by atoms with van der Waals surface area (Å²) in [5, 5.41) is 54.2. The number of likely N-dealkylation sites (N-methyl/N-ethyl adjacent to an activating group) is 5. The van der Waals surface area contributed by atoms with Crippen molar-refractivity contribution in [1.29, 1.82) is 0 Å². The third-order valence-corrected chi connectivity index (χ3v) is 23.6. The van der Waals surface area contributed by atoms with Crippen molar-refractivity contribution in [2.75, 3.05) is 59.8 Å². The zero-order valence-electron chi connectivity index (χ0n) is 73.7. The van der Waals surface area contributed by atoms with Gasteiger partial charge >= 0.3 is 5.97 Å². The number of carboxylic acids is 1. The summed E-state index contributed by atoms with van der Waals surface area (Å²) in [5.74, 6) is -12.5. The van der Waals surface area contributed by atoms with Gasteiger partial charge in [-0.15, -0.1) is 11.8 Å². The Morgan fingerprint density at radius 2 is 0.820 bits per heavy atom. The highest BCUT2D eigenvalue weighted by molar-refractivity contribution is 8.00. The van der Waals surface area contributed by atoms with Crippen LogP contribution in [0.15, 0.2) is 200 Å². The van der Waals surface area contributed by atoms with E-state index in [-0.39, 0.29) is 93.1 Å². The molecule has 0 bridgehead atoms. The number of aromatic amines is 1. The molecule has 0 spiro atoms. The van der Waals surface area contributed by atoms with E-state index in [1.54, 1.807) is 159 Å². The number of unbranched alkanes of at least 4 members (excludes halogenated alkanes) is 1. The van der Waals surface area contributed by atoms with Crippen LogP contribution in [0.2, 0.25) is 0 Å². The van der Waals surface area contributed by atoms with Crippen LogP contribution in [-0.2, 0) is 112 Å². The molecule has 31 nitrogen and oxygen atoms in total. The quantitative estimate of drug-likeness (QED) is 0.0386. The Morgan fingerprint density at radius 1 is 0.406 bits per heavy atom. The van der Waals surface area contributed by atoms with Gasteiger partial charge in [-0.05, 0) is 108 Å². The molecule has 32 heteroatoms. The fourth-order valence-corrected chi connectivity index (χ4v) is 16.2. The molecule has 13 amide bonds. The first-order valence-corrected chi connectivity index (χ1v) is 44.1. The Morgan fingerprint density at radius 3 is 1.37 bits per heavy atom. The van der Waals surface area contributed by atoms with Crippen molar-refractivity contribution in [3.8, 4) is 11.5 Å². The van der Waals surface area contributed by atoms with E-state index in [2.05, 4.69) is 47.5 Å². The fourth-order valence-electron chi connectivity index (χ4n) is 15.4. The number of carboxylic acid groups (broad SMARTS) is 1. The normalized spacial score (nSPS) is 22.0. The van der Waals surface area contributed by atoms with Gasteiger partial charge in [0.25, 0.3) is 0 Å². The van der Waals surface area contributed by atoms with Crippen LogP contribution in [0.5, 0.6) is 11.5 Å². The molecule has 1 aliphatic heterocycles. The van der Waals surface area contributed by atoms with Gasteiger partial charge in [0.1, 0.15) is 71.9 Å². The van der Waals surface area contributed by atoms with Gasteiger partial charge in [0.05, 0.1) is 25.3 Å². The SMILES string of the molecule is CCCC[C@H]1C(=O)N(C)CC(=O)N[C@@H](CC(=O)O)C(=O)N[C@@H](CCc2ccccc2)C(=O)N(C)[C@@H](Cc2ccccc2)C(=O)N[C@@H](Cc2ccc(O)cc2)C(=O)N(C)CC(=O)N[C@@H](Cc2c[nH]c3ccccc23)C(=O)N[C@@H](Cc2ccc(O)cc2)C(=O)NC(CC(C)C)C(=O)N[C@H](C)CSCC(=O)N[C@@H](Cc2ccccc2)C(=O)N(C)[C@@H](Cc2ccccc2)C(=O)N1C. The third-order valence-electron chi connectivity index (χ3n) is 22.4. The number of aliphatic carboxylic acids is 1. The van der Waals surface area contributed by atoms with Crippen LogP contribution in [0.1, 0.15) is 105 Å². The van der Waals surface area contributed by atoms with E-state index in [1.165, 1.54) is 81.4 Å². The van der Waals surface area contributed by atoms with Crippen LogP contribution < -0.4 is 42.5 Å². The Hall–Kier alpha value is -13.4. The van der Waals surface area contributed by atoms with E-state index in [1.807, 2.05) is 32.9 Å². The maximum atomic E-state index is 15.6. The monoisotopic (exact) mass is 1770 g/mol. The lowest BCUT2D eigenvalue weighted by atomic mass is 9.99. The first-order chi connectivity index (χ1) is 61.2. The van der Waals surface area contributed by atoms with E-state index >= 15 is 38.4 Å². The van der Waals surface area contributed by atoms with E-state index in [0.29, 0.717) is 62.7 Å². The van der Waals surface area contributed by atoms with Crippen molar-refractivity contribution in [2.45, 2.75) is 178 Å². The van der Waals surface area contributed by atoms with Crippen molar-refractivity contribution in [2.24, 2.45) is 5.92 Å². The molecule has 2 heterocycles. The van der Waals surface area contributed by atoms with Gasteiger partial charge in [0.2, 0.25) is 76.8 Å². The Balaban J connectivity index is 1.10. The van der Waals surface area contributed by atoms with Crippen LogP contribution in [0.3, 0.4) is 0 Å². The molecule has 9 rings (SSSR count). The molecule has 11 atom stereocenters. The van der Waals surface area contributed by atoms with Crippen LogP contribution in [-0.4, -0.2) is 254 Å². The average Bonchev–Trinajstić information content (AvgIpc) is 1.81. The highest BCUT2D eigenvalue weighted by Gasteiger charge is 2.42. The van der Waals surface area contributed by atoms with Gasteiger partial charge < -0.3 is 87.3 Å². The summed E-state index contributed by atoms with van der Waals surface area (Å²) < 4.78 is 0.